The monoisotopic (exact) mass is 1070 g/mol. The van der Waals surface area contributed by atoms with E-state index in [9.17, 15) is 13.2 Å². The first kappa shape index (κ1) is 56.1. The van der Waals surface area contributed by atoms with Gasteiger partial charge in [0.1, 0.15) is 4.90 Å². The van der Waals surface area contributed by atoms with E-state index < -0.39 is 21.3 Å². The first-order valence-electron chi connectivity index (χ1n) is 27.2. The van der Waals surface area contributed by atoms with Crippen molar-refractivity contribution in [3.8, 4) is 30.6 Å². The average molecular weight is 1070 g/mol. The summed E-state index contributed by atoms with van der Waals surface area (Å²) in [6.45, 7) is 32.4. The lowest BCUT2D eigenvalue weighted by molar-refractivity contribution is 0.0892. The summed E-state index contributed by atoms with van der Waals surface area (Å²) in [5, 5.41) is 2.53. The van der Waals surface area contributed by atoms with Gasteiger partial charge in [-0.1, -0.05) is 153 Å². The van der Waals surface area contributed by atoms with Crippen molar-refractivity contribution < 1.29 is 13.2 Å². The molecule has 1 aromatic carbocycles. The van der Waals surface area contributed by atoms with Gasteiger partial charge in [0.15, 0.2) is 0 Å². The van der Waals surface area contributed by atoms with Crippen molar-refractivity contribution in [2.24, 2.45) is 29.6 Å². The number of hydrogen-bond acceptors (Lipinski definition) is 8. The molecule has 0 saturated carbocycles. The van der Waals surface area contributed by atoms with Gasteiger partial charge in [-0.25, -0.2) is 12.7 Å². The van der Waals surface area contributed by atoms with Gasteiger partial charge in [-0.05, 0) is 112 Å². The van der Waals surface area contributed by atoms with Crippen LogP contribution in [-0.4, -0.2) is 25.7 Å². The summed E-state index contributed by atoms with van der Waals surface area (Å²) in [5.74, 6) is 2.33. The molecule has 4 nitrogen and oxygen atoms in total. The highest BCUT2D eigenvalue weighted by atomic mass is 32.2. The zero-order valence-electron chi connectivity index (χ0n) is 45.9. The third kappa shape index (κ3) is 11.2. The Bertz CT molecular complexity index is 2830. The molecule has 0 saturated heterocycles. The molecule has 0 bridgehead atoms. The van der Waals surface area contributed by atoms with Gasteiger partial charge in [0, 0.05) is 83.3 Å². The Kier molecular flexibility index (Phi) is 18.3. The molecular formula is C61H85NO3S6. The van der Waals surface area contributed by atoms with Crippen molar-refractivity contribution in [1.82, 2.24) is 4.31 Å². The Balaban J connectivity index is 1.58. The van der Waals surface area contributed by atoms with E-state index >= 15 is 0 Å². The number of unbranched alkanes of at least 4 members (excludes halogenated alkanes) is 2. The second-order valence-electron chi connectivity index (χ2n) is 22.8. The molecule has 10 heteroatoms. The van der Waals surface area contributed by atoms with E-state index in [1.165, 1.54) is 120 Å². The number of allylic oxidation sites excluding steroid dienone is 2. The lowest BCUT2D eigenvalue weighted by Crippen LogP contribution is -2.32. The third-order valence-electron chi connectivity index (χ3n) is 16.7. The Hall–Kier alpha value is -2.60. The van der Waals surface area contributed by atoms with E-state index in [1.807, 2.05) is 34.0 Å². The molecule has 388 valence electrons. The molecule has 0 spiro atoms. The van der Waals surface area contributed by atoms with Crippen LogP contribution in [0.3, 0.4) is 0 Å². The molecule has 7 rings (SSSR count). The maximum atomic E-state index is 14.5. The largest absolute Gasteiger partial charge is 0.270 e. The first-order chi connectivity index (χ1) is 33.7. The standard InChI is InChI=1S/C61H85NO3S6/c1-16-21-23-41(18-3)33-43-25-27-47(66-43)51-45-35-49(56-53-57(71(64,65)62(15)59(53)63)58(70-56)60(13,20-5)31-29-37(6)7)68-54(45)52(48-28-26-44(67-48)34-42(19-4)24-22-17-2)46-36-50(69-55(46)51)61(14,32-30-38(8)9)40(12)39(10)11/h25-28,30,35-37,39-42H,16-24,29,31-34H2,1-15H3. The van der Waals surface area contributed by atoms with Gasteiger partial charge in [-0.2, -0.15) is 0 Å². The fourth-order valence-corrected chi connectivity index (χ4v) is 19.7. The highest BCUT2D eigenvalue weighted by Gasteiger charge is 2.48. The molecule has 5 unspecified atom stereocenters. The van der Waals surface area contributed by atoms with Gasteiger partial charge in [0.05, 0.1) is 10.4 Å². The Morgan fingerprint density at radius 2 is 1.25 bits per heavy atom. The summed E-state index contributed by atoms with van der Waals surface area (Å²) in [5.41, 5.74) is 3.83. The lowest BCUT2D eigenvalue weighted by Gasteiger charge is -2.37. The van der Waals surface area contributed by atoms with Crippen molar-refractivity contribution in [3.63, 3.8) is 0 Å². The smallest absolute Gasteiger partial charge is 0.268 e. The van der Waals surface area contributed by atoms with Gasteiger partial charge in [-0.3, -0.25) is 4.79 Å². The summed E-state index contributed by atoms with van der Waals surface area (Å²) in [6, 6.07) is 14.5. The number of carbonyl (C=O) groups excluding carboxylic acids is 1. The summed E-state index contributed by atoms with van der Waals surface area (Å²) >= 11 is 9.30. The van der Waals surface area contributed by atoms with Gasteiger partial charge >= 0.3 is 0 Å². The molecule has 1 aliphatic rings. The van der Waals surface area contributed by atoms with Gasteiger partial charge in [-0.15, -0.1) is 56.7 Å². The van der Waals surface area contributed by atoms with Crippen LogP contribution in [0.15, 0.2) is 52.9 Å². The van der Waals surface area contributed by atoms with Gasteiger partial charge in [0.25, 0.3) is 15.9 Å². The van der Waals surface area contributed by atoms with Crippen LogP contribution in [0.4, 0.5) is 0 Å². The summed E-state index contributed by atoms with van der Waals surface area (Å²) in [7, 11) is -2.56. The molecule has 0 fully saturated rings. The number of sulfonamides is 1. The minimum Gasteiger partial charge on any atom is -0.268 e. The minimum atomic E-state index is -4.01. The number of thiophene rings is 5. The molecule has 5 atom stereocenters. The topological polar surface area (TPSA) is 54.5 Å². The maximum absolute atomic E-state index is 14.5. The Morgan fingerprint density at radius 3 is 1.75 bits per heavy atom. The predicted molar refractivity (Wildman–Crippen MR) is 318 cm³/mol. The van der Waals surface area contributed by atoms with Crippen molar-refractivity contribution in [2.45, 2.75) is 203 Å². The number of fused-ring (bicyclic) bond motifs is 3. The summed E-state index contributed by atoms with van der Waals surface area (Å²) < 4.78 is 32.5. The van der Waals surface area contributed by atoms with Crippen molar-refractivity contribution in [3.05, 3.63) is 73.1 Å². The first-order valence-corrected chi connectivity index (χ1v) is 32.8. The quantitative estimate of drug-likeness (QED) is 0.0537. The SMILES string of the molecule is CCCCC(CC)Cc1ccc(-c2c3cc(C(C)(CC=C(C)C)C(C)C(C)C)sc3c(-c3ccc(CC(CC)CCCC)s3)c3cc(-c4sc(C(C)(CC)CCC(C)C)c5c4C(=O)N(C)S5(=O)=O)sc23)s1. The molecule has 5 aromatic heterocycles. The van der Waals surface area contributed by atoms with Crippen LogP contribution in [0.25, 0.3) is 50.8 Å². The van der Waals surface area contributed by atoms with Gasteiger partial charge in [0.2, 0.25) is 0 Å². The highest BCUT2D eigenvalue weighted by Crippen LogP contribution is 2.58. The van der Waals surface area contributed by atoms with Crippen LogP contribution in [-0.2, 0) is 33.7 Å². The van der Waals surface area contributed by atoms with Crippen LogP contribution in [0, 0.1) is 29.6 Å². The molecule has 0 N–H and O–H groups in total. The van der Waals surface area contributed by atoms with E-state index in [2.05, 4.69) is 139 Å². The van der Waals surface area contributed by atoms with E-state index in [4.69, 9.17) is 0 Å². The number of nitrogens with zero attached hydrogens (tertiary/aromatic N) is 1. The van der Waals surface area contributed by atoms with Crippen molar-refractivity contribution in [1.29, 1.82) is 0 Å². The molecule has 0 aliphatic carbocycles. The van der Waals surface area contributed by atoms with Gasteiger partial charge < -0.3 is 0 Å². The van der Waals surface area contributed by atoms with Crippen LogP contribution >= 0.6 is 56.7 Å². The van der Waals surface area contributed by atoms with Crippen molar-refractivity contribution in [2.75, 3.05) is 7.05 Å². The number of benzene rings is 1. The number of carbonyl (C=O) groups is 1. The molecule has 6 heterocycles. The van der Waals surface area contributed by atoms with E-state index in [0.717, 1.165) is 57.5 Å². The highest BCUT2D eigenvalue weighted by molar-refractivity contribution is 7.90. The zero-order chi connectivity index (χ0) is 51.7. The van der Waals surface area contributed by atoms with Crippen LogP contribution < -0.4 is 0 Å². The van der Waals surface area contributed by atoms with Crippen LogP contribution in [0.2, 0.25) is 0 Å². The maximum Gasteiger partial charge on any atom is 0.270 e. The van der Waals surface area contributed by atoms with E-state index in [-0.39, 0.29) is 10.3 Å². The zero-order valence-corrected chi connectivity index (χ0v) is 50.8. The molecule has 1 amide bonds. The summed E-state index contributed by atoms with van der Waals surface area (Å²) in [4.78, 5) is 24.3. The molecule has 6 aromatic rings. The second-order valence-corrected chi connectivity index (χ2v) is 30.1. The number of hydrogen-bond donors (Lipinski definition) is 0. The Labute approximate surface area is 449 Å². The molecule has 0 radical (unpaired) electrons. The third-order valence-corrected chi connectivity index (χ3v) is 25.1. The fourth-order valence-electron chi connectivity index (χ4n) is 10.9. The molecular weight excluding hydrogens is 987 g/mol. The van der Waals surface area contributed by atoms with Crippen LogP contribution in [0.5, 0.6) is 0 Å². The number of amides is 1. The number of rotatable bonds is 25. The lowest BCUT2D eigenvalue weighted by atomic mass is 9.69. The summed E-state index contributed by atoms with van der Waals surface area (Å²) in [6.07, 6.45) is 18.1. The Morgan fingerprint density at radius 1 is 0.704 bits per heavy atom. The second kappa shape index (κ2) is 23.1. The fraction of sp³-hybridized carbons (Fsp3) is 0.590. The predicted octanol–water partition coefficient (Wildman–Crippen LogP) is 20.6. The van der Waals surface area contributed by atoms with E-state index in [1.54, 1.807) is 22.7 Å². The van der Waals surface area contributed by atoms with E-state index in [0.29, 0.717) is 35.2 Å². The van der Waals surface area contributed by atoms with Crippen molar-refractivity contribution >= 4 is 92.8 Å². The minimum absolute atomic E-state index is 0.0853. The van der Waals surface area contributed by atoms with Crippen LogP contribution in [0.1, 0.15) is 204 Å². The molecule has 1 aliphatic heterocycles. The normalized spacial score (nSPS) is 16.9. The molecule has 71 heavy (non-hydrogen) atoms. The average Bonchev–Trinajstić information content (AvgIpc) is 4.22.